The van der Waals surface area contributed by atoms with Gasteiger partial charge in [-0.05, 0) is 36.2 Å². The van der Waals surface area contributed by atoms with Crippen LogP contribution in [0.2, 0.25) is 0 Å². The third-order valence-electron chi connectivity index (χ3n) is 5.03. The van der Waals surface area contributed by atoms with Crippen LogP contribution in [-0.4, -0.2) is 52.1 Å². The number of amides is 1. The number of halogens is 3. The maximum absolute atomic E-state index is 12.9. The van der Waals surface area contributed by atoms with Gasteiger partial charge in [0.2, 0.25) is 11.9 Å². The Bertz CT molecular complexity index is 1130. The Hall–Kier alpha value is -3.05. The van der Waals surface area contributed by atoms with Gasteiger partial charge >= 0.3 is 6.18 Å². The van der Waals surface area contributed by atoms with Crippen LogP contribution in [0.4, 0.5) is 24.8 Å². The number of carbonyl (C=O) groups is 1. The van der Waals surface area contributed by atoms with E-state index in [2.05, 4.69) is 20.3 Å². The molecular weight excluding hydrogens is 455 g/mol. The van der Waals surface area contributed by atoms with Gasteiger partial charge in [0.05, 0.1) is 23.1 Å². The molecule has 0 saturated carbocycles. The first kappa shape index (κ1) is 23.1. The van der Waals surface area contributed by atoms with Gasteiger partial charge in [-0.2, -0.15) is 13.2 Å². The van der Waals surface area contributed by atoms with E-state index in [9.17, 15) is 18.0 Å². The molecule has 0 aliphatic carbocycles. The molecule has 2 aromatic heterocycles. The number of morpholine rings is 1. The molecule has 1 saturated heterocycles. The Labute approximate surface area is 192 Å². The number of nitrogens with one attached hydrogen (secondary N) is 1. The Morgan fingerprint density at radius 3 is 2.76 bits per heavy atom. The Morgan fingerprint density at radius 1 is 1.21 bits per heavy atom. The van der Waals surface area contributed by atoms with E-state index in [0.29, 0.717) is 44.8 Å². The largest absolute Gasteiger partial charge is 0.433 e. The van der Waals surface area contributed by atoms with Crippen molar-refractivity contribution in [1.82, 2.24) is 19.9 Å². The predicted octanol–water partition coefficient (Wildman–Crippen LogP) is 4.46. The van der Waals surface area contributed by atoms with Crippen molar-refractivity contribution in [2.75, 3.05) is 31.6 Å². The Morgan fingerprint density at radius 2 is 2.00 bits per heavy atom. The number of ether oxygens (including phenoxy) is 1. The monoisotopic (exact) mass is 477 g/mol. The minimum Gasteiger partial charge on any atom is -0.378 e. The first-order valence-corrected chi connectivity index (χ1v) is 11.2. The van der Waals surface area contributed by atoms with Crippen molar-refractivity contribution in [2.45, 2.75) is 25.9 Å². The topological polar surface area (TPSA) is 80.2 Å². The van der Waals surface area contributed by atoms with Gasteiger partial charge in [-0.25, -0.2) is 15.0 Å². The molecular formula is C22H22F3N5O2S. The summed E-state index contributed by atoms with van der Waals surface area (Å²) in [6.07, 6.45) is -0.781. The fourth-order valence-electron chi connectivity index (χ4n) is 3.45. The van der Waals surface area contributed by atoms with Gasteiger partial charge in [0.1, 0.15) is 5.69 Å². The van der Waals surface area contributed by atoms with Crippen LogP contribution >= 0.6 is 11.3 Å². The number of hydrogen-bond acceptors (Lipinski definition) is 7. The number of benzene rings is 1. The molecule has 0 spiro atoms. The number of aryl methyl sites for hydroxylation is 2. The Balaban J connectivity index is 1.45. The molecule has 7 nitrogen and oxygen atoms in total. The van der Waals surface area contributed by atoms with E-state index in [0.717, 1.165) is 33.3 Å². The van der Waals surface area contributed by atoms with Crippen molar-refractivity contribution >= 4 is 28.9 Å². The van der Waals surface area contributed by atoms with E-state index < -0.39 is 11.9 Å². The third kappa shape index (κ3) is 6.05. The normalized spacial score (nSPS) is 14.4. The van der Waals surface area contributed by atoms with Crippen LogP contribution in [-0.2, 0) is 22.1 Å². The lowest BCUT2D eigenvalue weighted by Crippen LogP contribution is -2.40. The van der Waals surface area contributed by atoms with E-state index in [-0.39, 0.29) is 11.9 Å². The summed E-state index contributed by atoms with van der Waals surface area (Å²) in [4.78, 5) is 27.0. The molecule has 11 heteroatoms. The van der Waals surface area contributed by atoms with Gasteiger partial charge in [-0.3, -0.25) is 4.79 Å². The summed E-state index contributed by atoms with van der Waals surface area (Å²) >= 11 is 1.49. The van der Waals surface area contributed by atoms with Gasteiger partial charge in [0.15, 0.2) is 0 Å². The third-order valence-corrected chi connectivity index (χ3v) is 6.14. The zero-order valence-electron chi connectivity index (χ0n) is 17.9. The summed E-state index contributed by atoms with van der Waals surface area (Å²) in [7, 11) is 0. The second kappa shape index (κ2) is 9.84. The molecule has 174 valence electrons. The van der Waals surface area contributed by atoms with Crippen molar-refractivity contribution in [3.8, 4) is 10.4 Å². The van der Waals surface area contributed by atoms with Crippen LogP contribution in [0.15, 0.2) is 36.7 Å². The molecule has 33 heavy (non-hydrogen) atoms. The molecule has 3 heterocycles. The number of nitrogens with zero attached hydrogens (tertiary/aromatic N) is 4. The van der Waals surface area contributed by atoms with E-state index in [1.54, 1.807) is 12.3 Å². The first-order valence-electron chi connectivity index (χ1n) is 10.4. The number of hydrogen-bond donors (Lipinski definition) is 1. The molecule has 4 rings (SSSR count). The van der Waals surface area contributed by atoms with Gasteiger partial charge in [-0.1, -0.05) is 6.07 Å². The number of thiazole rings is 1. The quantitative estimate of drug-likeness (QED) is 0.565. The van der Waals surface area contributed by atoms with Crippen LogP contribution in [0.25, 0.3) is 10.4 Å². The number of rotatable bonds is 6. The molecule has 3 aromatic rings. The van der Waals surface area contributed by atoms with Crippen LogP contribution in [0.1, 0.15) is 22.7 Å². The van der Waals surface area contributed by atoms with Crippen molar-refractivity contribution in [2.24, 2.45) is 0 Å². The average molecular weight is 478 g/mol. The lowest BCUT2D eigenvalue weighted by atomic mass is 10.1. The predicted molar refractivity (Wildman–Crippen MR) is 118 cm³/mol. The highest BCUT2D eigenvalue weighted by atomic mass is 32.1. The summed E-state index contributed by atoms with van der Waals surface area (Å²) in [6, 6.07) is 6.41. The zero-order valence-corrected chi connectivity index (χ0v) is 18.7. The summed E-state index contributed by atoms with van der Waals surface area (Å²) in [5, 5.41) is 3.70. The lowest BCUT2D eigenvalue weighted by molar-refractivity contribution is -0.141. The number of carbonyl (C=O) groups excluding carboxylic acids is 1. The molecule has 0 atom stereocenters. The van der Waals surface area contributed by atoms with E-state index in [1.165, 1.54) is 11.3 Å². The smallest absolute Gasteiger partial charge is 0.378 e. The molecule has 0 bridgehead atoms. The average Bonchev–Trinajstić information content (AvgIpc) is 3.26. The Kier molecular flexibility index (Phi) is 6.89. The fourth-order valence-corrected chi connectivity index (χ4v) is 4.35. The van der Waals surface area contributed by atoms with E-state index in [1.807, 2.05) is 24.0 Å². The van der Waals surface area contributed by atoms with Crippen molar-refractivity contribution < 1.29 is 22.7 Å². The SMILES string of the molecule is Cc1cc(Nc2nccc(C(F)(F)F)n2)cc(-c2cnc(CCC(=O)N3CCOCC3)s2)c1. The molecule has 0 radical (unpaired) electrons. The van der Waals surface area contributed by atoms with Crippen LogP contribution in [0.5, 0.6) is 0 Å². The van der Waals surface area contributed by atoms with Crippen molar-refractivity contribution in [1.29, 1.82) is 0 Å². The van der Waals surface area contributed by atoms with E-state index >= 15 is 0 Å². The zero-order chi connectivity index (χ0) is 23.4. The molecule has 1 aliphatic heterocycles. The van der Waals surface area contributed by atoms with Gasteiger partial charge in [0.25, 0.3) is 0 Å². The van der Waals surface area contributed by atoms with Crippen LogP contribution in [0, 0.1) is 6.92 Å². The second-order valence-electron chi connectivity index (χ2n) is 7.59. The summed E-state index contributed by atoms with van der Waals surface area (Å²) < 4.78 is 44.0. The fraction of sp³-hybridized carbons (Fsp3) is 0.364. The van der Waals surface area contributed by atoms with Gasteiger partial charge in [0, 0.05) is 44.0 Å². The molecule has 1 aromatic carbocycles. The summed E-state index contributed by atoms with van der Waals surface area (Å²) in [5.74, 6) is -0.0360. The minimum atomic E-state index is -4.54. The molecule has 1 amide bonds. The summed E-state index contributed by atoms with van der Waals surface area (Å²) in [6.45, 7) is 4.28. The highest BCUT2D eigenvalue weighted by molar-refractivity contribution is 7.15. The number of aromatic nitrogens is 3. The highest BCUT2D eigenvalue weighted by Gasteiger charge is 2.32. The second-order valence-corrected chi connectivity index (χ2v) is 8.70. The van der Waals surface area contributed by atoms with Crippen LogP contribution in [0.3, 0.4) is 0 Å². The standard InChI is InChI=1S/C22H22F3N5O2S/c1-14-10-15(12-16(11-14)28-21-26-5-4-18(29-21)22(23,24)25)17-13-27-19(33-17)2-3-20(31)30-6-8-32-9-7-30/h4-5,10-13H,2-3,6-9H2,1H3,(H,26,28,29). The number of anilines is 2. The molecule has 1 aliphatic rings. The van der Waals surface area contributed by atoms with Crippen molar-refractivity contribution in [3.05, 3.63) is 52.9 Å². The highest BCUT2D eigenvalue weighted by Crippen LogP contribution is 2.32. The summed E-state index contributed by atoms with van der Waals surface area (Å²) in [5.41, 5.74) is 1.35. The number of alkyl halides is 3. The maximum atomic E-state index is 12.9. The first-order chi connectivity index (χ1) is 15.8. The molecule has 0 unspecified atom stereocenters. The van der Waals surface area contributed by atoms with Gasteiger partial charge in [-0.15, -0.1) is 11.3 Å². The van der Waals surface area contributed by atoms with Crippen LogP contribution < -0.4 is 5.32 Å². The minimum absolute atomic E-state index is 0.0955. The molecule has 1 N–H and O–H groups in total. The molecule has 1 fully saturated rings. The lowest BCUT2D eigenvalue weighted by Gasteiger charge is -2.26. The van der Waals surface area contributed by atoms with Crippen molar-refractivity contribution in [3.63, 3.8) is 0 Å². The van der Waals surface area contributed by atoms with E-state index in [4.69, 9.17) is 4.74 Å². The van der Waals surface area contributed by atoms with Gasteiger partial charge < -0.3 is 15.0 Å². The maximum Gasteiger partial charge on any atom is 0.433 e.